The average molecular weight is 261 g/mol. The van der Waals surface area contributed by atoms with Gasteiger partial charge in [0.1, 0.15) is 12.4 Å². The highest BCUT2D eigenvalue weighted by atomic mass is 35.5. The first-order chi connectivity index (χ1) is 8.70. The minimum absolute atomic E-state index is 0.542. The molecule has 0 N–H and O–H groups in total. The molecule has 94 valence electrons. The van der Waals surface area contributed by atoms with Gasteiger partial charge in [-0.1, -0.05) is 42.5 Å². The van der Waals surface area contributed by atoms with Crippen LogP contribution in [0.3, 0.4) is 0 Å². The Kier molecular flexibility index (Phi) is 4.27. The summed E-state index contributed by atoms with van der Waals surface area (Å²) in [6.45, 7) is 4.72. The molecule has 0 spiro atoms. The summed E-state index contributed by atoms with van der Waals surface area (Å²) in [6.07, 6.45) is 0. The van der Waals surface area contributed by atoms with E-state index in [-0.39, 0.29) is 0 Å². The molecule has 0 unspecified atom stereocenters. The maximum atomic E-state index is 5.91. The Morgan fingerprint density at radius 2 is 1.56 bits per heavy atom. The fourth-order valence-corrected chi connectivity index (χ4v) is 2.23. The zero-order chi connectivity index (χ0) is 13.0. The van der Waals surface area contributed by atoms with Gasteiger partial charge in [0.05, 0.1) is 0 Å². The lowest BCUT2D eigenvalue weighted by molar-refractivity contribution is 0.302. The zero-order valence-electron chi connectivity index (χ0n) is 10.7. The number of aryl methyl sites for hydroxylation is 2. The maximum Gasteiger partial charge on any atom is 0.125 e. The van der Waals surface area contributed by atoms with Gasteiger partial charge in [-0.15, -0.1) is 11.6 Å². The van der Waals surface area contributed by atoms with Gasteiger partial charge < -0.3 is 4.74 Å². The van der Waals surface area contributed by atoms with Crippen molar-refractivity contribution in [1.82, 2.24) is 0 Å². The lowest BCUT2D eigenvalue weighted by Crippen LogP contribution is -1.99. The highest BCUT2D eigenvalue weighted by molar-refractivity contribution is 6.17. The SMILES string of the molecule is Cc1cc(CCl)cc(C)c1OCc1ccccc1. The summed E-state index contributed by atoms with van der Waals surface area (Å²) < 4.78 is 5.91. The fourth-order valence-electron chi connectivity index (χ4n) is 2.07. The molecule has 1 nitrogen and oxygen atoms in total. The Morgan fingerprint density at radius 1 is 0.944 bits per heavy atom. The van der Waals surface area contributed by atoms with Crippen LogP contribution in [-0.2, 0) is 12.5 Å². The second-order valence-electron chi connectivity index (χ2n) is 4.47. The molecule has 0 aliphatic rings. The molecule has 0 atom stereocenters. The van der Waals surface area contributed by atoms with Crippen LogP contribution in [-0.4, -0.2) is 0 Å². The molecule has 2 rings (SSSR count). The van der Waals surface area contributed by atoms with Crippen molar-refractivity contribution in [2.24, 2.45) is 0 Å². The summed E-state index contributed by atoms with van der Waals surface area (Å²) in [4.78, 5) is 0. The summed E-state index contributed by atoms with van der Waals surface area (Å²) in [5.41, 5.74) is 4.60. The van der Waals surface area contributed by atoms with Crippen molar-refractivity contribution in [2.75, 3.05) is 0 Å². The smallest absolute Gasteiger partial charge is 0.125 e. The predicted octanol–water partition coefficient (Wildman–Crippen LogP) is 4.62. The van der Waals surface area contributed by atoms with E-state index < -0.39 is 0 Å². The van der Waals surface area contributed by atoms with Crippen LogP contribution in [0, 0.1) is 13.8 Å². The monoisotopic (exact) mass is 260 g/mol. The van der Waals surface area contributed by atoms with E-state index >= 15 is 0 Å². The van der Waals surface area contributed by atoms with Gasteiger partial charge in [0.15, 0.2) is 0 Å². The van der Waals surface area contributed by atoms with Crippen molar-refractivity contribution in [3.8, 4) is 5.75 Å². The summed E-state index contributed by atoms with van der Waals surface area (Å²) in [5.74, 6) is 1.51. The number of hydrogen-bond donors (Lipinski definition) is 0. The molecular formula is C16H17ClO. The van der Waals surface area contributed by atoms with Gasteiger partial charge in [-0.2, -0.15) is 0 Å². The van der Waals surface area contributed by atoms with Gasteiger partial charge in [-0.3, -0.25) is 0 Å². The van der Waals surface area contributed by atoms with Gasteiger partial charge in [-0.05, 0) is 36.1 Å². The van der Waals surface area contributed by atoms with Crippen LogP contribution >= 0.6 is 11.6 Å². The molecule has 0 aliphatic carbocycles. The topological polar surface area (TPSA) is 9.23 Å². The molecule has 0 aliphatic heterocycles. The van der Waals surface area contributed by atoms with Crippen molar-refractivity contribution < 1.29 is 4.74 Å². The quantitative estimate of drug-likeness (QED) is 0.729. The Labute approximate surface area is 113 Å². The van der Waals surface area contributed by atoms with E-state index in [1.54, 1.807) is 0 Å². The molecule has 0 heterocycles. The van der Waals surface area contributed by atoms with Crippen molar-refractivity contribution >= 4 is 11.6 Å². The Bertz CT molecular complexity index is 497. The van der Waals surface area contributed by atoms with Crippen LogP contribution in [0.15, 0.2) is 42.5 Å². The van der Waals surface area contributed by atoms with Crippen molar-refractivity contribution in [1.29, 1.82) is 0 Å². The fraction of sp³-hybridized carbons (Fsp3) is 0.250. The molecule has 0 amide bonds. The van der Waals surface area contributed by atoms with E-state index in [1.165, 1.54) is 5.56 Å². The molecule has 0 saturated heterocycles. The normalized spacial score (nSPS) is 10.4. The van der Waals surface area contributed by atoms with E-state index in [1.807, 2.05) is 18.2 Å². The van der Waals surface area contributed by atoms with Gasteiger partial charge in [0, 0.05) is 5.88 Å². The maximum absolute atomic E-state index is 5.91. The highest BCUT2D eigenvalue weighted by Crippen LogP contribution is 2.26. The summed E-state index contributed by atoms with van der Waals surface area (Å²) in [5, 5.41) is 0. The molecular weight excluding hydrogens is 244 g/mol. The van der Waals surface area contributed by atoms with Crippen LogP contribution in [0.2, 0.25) is 0 Å². The summed E-state index contributed by atoms with van der Waals surface area (Å²) >= 11 is 5.86. The largest absolute Gasteiger partial charge is 0.488 e. The Balaban J connectivity index is 2.15. The van der Waals surface area contributed by atoms with Gasteiger partial charge in [0.25, 0.3) is 0 Å². The zero-order valence-corrected chi connectivity index (χ0v) is 11.5. The van der Waals surface area contributed by atoms with Gasteiger partial charge >= 0.3 is 0 Å². The predicted molar refractivity (Wildman–Crippen MR) is 76.2 cm³/mol. The Morgan fingerprint density at radius 3 is 2.11 bits per heavy atom. The number of hydrogen-bond acceptors (Lipinski definition) is 1. The number of rotatable bonds is 4. The minimum Gasteiger partial charge on any atom is -0.488 e. The standard InChI is InChI=1S/C16H17ClO/c1-12-8-15(10-17)9-13(2)16(12)18-11-14-6-4-3-5-7-14/h3-9H,10-11H2,1-2H3. The van der Waals surface area contributed by atoms with Gasteiger partial charge in [-0.25, -0.2) is 0 Å². The van der Waals surface area contributed by atoms with E-state index in [4.69, 9.17) is 16.3 Å². The summed E-state index contributed by atoms with van der Waals surface area (Å²) in [7, 11) is 0. The van der Waals surface area contributed by atoms with E-state index in [0.29, 0.717) is 12.5 Å². The van der Waals surface area contributed by atoms with Crippen LogP contribution < -0.4 is 4.74 Å². The van der Waals surface area contributed by atoms with E-state index in [2.05, 4.69) is 38.1 Å². The number of ether oxygens (including phenoxy) is 1. The minimum atomic E-state index is 0.542. The van der Waals surface area contributed by atoms with E-state index in [9.17, 15) is 0 Å². The lowest BCUT2D eigenvalue weighted by atomic mass is 10.1. The number of benzene rings is 2. The highest BCUT2D eigenvalue weighted by Gasteiger charge is 2.06. The van der Waals surface area contributed by atoms with Crippen LogP contribution in [0.25, 0.3) is 0 Å². The molecule has 2 heteroatoms. The van der Waals surface area contributed by atoms with Crippen LogP contribution in [0.4, 0.5) is 0 Å². The molecule has 18 heavy (non-hydrogen) atoms. The molecule has 2 aromatic carbocycles. The third kappa shape index (κ3) is 3.05. The number of halogens is 1. The van der Waals surface area contributed by atoms with Gasteiger partial charge in [0.2, 0.25) is 0 Å². The average Bonchev–Trinajstić information content (AvgIpc) is 2.38. The second-order valence-corrected chi connectivity index (χ2v) is 4.73. The van der Waals surface area contributed by atoms with Crippen molar-refractivity contribution in [2.45, 2.75) is 26.3 Å². The summed E-state index contributed by atoms with van der Waals surface area (Å²) in [6, 6.07) is 14.4. The third-order valence-corrected chi connectivity index (χ3v) is 3.21. The lowest BCUT2D eigenvalue weighted by Gasteiger charge is -2.13. The first-order valence-corrected chi connectivity index (χ1v) is 6.57. The number of alkyl halides is 1. The first-order valence-electron chi connectivity index (χ1n) is 6.03. The Hall–Kier alpha value is -1.47. The van der Waals surface area contributed by atoms with Crippen molar-refractivity contribution in [3.63, 3.8) is 0 Å². The first kappa shape index (κ1) is 13.0. The van der Waals surface area contributed by atoms with Crippen molar-refractivity contribution in [3.05, 3.63) is 64.7 Å². The molecule has 0 radical (unpaired) electrons. The molecule has 0 fully saturated rings. The molecule has 0 aromatic heterocycles. The van der Waals surface area contributed by atoms with Crippen LogP contribution in [0.5, 0.6) is 5.75 Å². The van der Waals surface area contributed by atoms with Crippen LogP contribution in [0.1, 0.15) is 22.3 Å². The second kappa shape index (κ2) is 5.92. The molecule has 0 bridgehead atoms. The third-order valence-electron chi connectivity index (χ3n) is 2.90. The molecule has 2 aromatic rings. The van der Waals surface area contributed by atoms with E-state index in [0.717, 1.165) is 22.4 Å². The molecule has 0 saturated carbocycles.